The lowest BCUT2D eigenvalue weighted by atomic mass is 10.3. The summed E-state index contributed by atoms with van der Waals surface area (Å²) >= 11 is 1.73. The van der Waals surface area contributed by atoms with Gasteiger partial charge in [-0.2, -0.15) is 0 Å². The molecule has 1 heterocycles. The Hall–Kier alpha value is -0.630. The molecule has 0 saturated carbocycles. The van der Waals surface area contributed by atoms with Crippen molar-refractivity contribution in [3.8, 4) is 0 Å². The Morgan fingerprint density at radius 2 is 2.33 bits per heavy atom. The lowest BCUT2D eigenvalue weighted by molar-refractivity contribution is 0.806. The van der Waals surface area contributed by atoms with Crippen LogP contribution in [0.25, 0.3) is 0 Å². The van der Waals surface area contributed by atoms with Crippen LogP contribution >= 0.6 is 35.3 Å². The van der Waals surface area contributed by atoms with Crippen LogP contribution in [0.15, 0.2) is 23.0 Å². The smallest absolute Gasteiger partial charge is 0.191 e. The van der Waals surface area contributed by atoms with Gasteiger partial charge in [0.1, 0.15) is 0 Å². The Kier molecular flexibility index (Phi) is 9.95. The molecule has 0 aromatic carbocycles. The van der Waals surface area contributed by atoms with Gasteiger partial charge in [0.15, 0.2) is 5.96 Å². The SMILES string of the molecule is C=CCNC(=NC)NCCc1csc(CC)n1.I. The first-order valence-electron chi connectivity index (χ1n) is 5.78. The minimum atomic E-state index is 0. The molecule has 102 valence electrons. The number of rotatable bonds is 6. The second kappa shape index (κ2) is 10.3. The van der Waals surface area contributed by atoms with Gasteiger partial charge in [0.2, 0.25) is 0 Å². The van der Waals surface area contributed by atoms with E-state index in [0.717, 1.165) is 37.6 Å². The van der Waals surface area contributed by atoms with Gasteiger partial charge in [-0.05, 0) is 6.42 Å². The summed E-state index contributed by atoms with van der Waals surface area (Å²) < 4.78 is 0. The molecule has 0 fully saturated rings. The fourth-order valence-corrected chi connectivity index (χ4v) is 2.10. The molecule has 18 heavy (non-hydrogen) atoms. The summed E-state index contributed by atoms with van der Waals surface area (Å²) in [4.78, 5) is 8.62. The van der Waals surface area contributed by atoms with E-state index in [1.54, 1.807) is 24.5 Å². The molecular weight excluding hydrogens is 359 g/mol. The first-order valence-corrected chi connectivity index (χ1v) is 6.66. The first-order chi connectivity index (χ1) is 8.30. The van der Waals surface area contributed by atoms with Crippen molar-refractivity contribution in [1.29, 1.82) is 0 Å². The highest BCUT2D eigenvalue weighted by molar-refractivity contribution is 14.0. The van der Waals surface area contributed by atoms with Gasteiger partial charge in [-0.15, -0.1) is 41.9 Å². The van der Waals surface area contributed by atoms with Gasteiger partial charge in [0.05, 0.1) is 10.7 Å². The lowest BCUT2D eigenvalue weighted by Crippen LogP contribution is -2.38. The number of aryl methyl sites for hydroxylation is 1. The maximum atomic E-state index is 4.52. The topological polar surface area (TPSA) is 49.3 Å². The van der Waals surface area contributed by atoms with Gasteiger partial charge in [0, 0.05) is 31.9 Å². The predicted octanol–water partition coefficient (Wildman–Crippen LogP) is 2.22. The Labute approximate surface area is 130 Å². The molecule has 0 atom stereocenters. The molecule has 6 heteroatoms. The van der Waals surface area contributed by atoms with E-state index in [1.165, 1.54) is 5.01 Å². The third-order valence-electron chi connectivity index (χ3n) is 2.21. The number of hydrogen-bond acceptors (Lipinski definition) is 3. The molecular formula is C12H21IN4S. The van der Waals surface area contributed by atoms with E-state index in [-0.39, 0.29) is 24.0 Å². The summed E-state index contributed by atoms with van der Waals surface area (Å²) in [6, 6.07) is 0. The maximum absolute atomic E-state index is 4.52. The zero-order chi connectivity index (χ0) is 12.5. The van der Waals surface area contributed by atoms with Crippen molar-refractivity contribution in [2.45, 2.75) is 19.8 Å². The minimum absolute atomic E-state index is 0. The normalized spacial score (nSPS) is 10.7. The van der Waals surface area contributed by atoms with E-state index in [9.17, 15) is 0 Å². The number of aliphatic imine (C=N–C) groups is 1. The standard InChI is InChI=1S/C12H20N4S.HI/c1-4-7-14-12(13-3)15-8-6-10-9-17-11(5-2)16-10;/h4,9H,1,5-8H2,2-3H3,(H2,13,14,15);1H. The van der Waals surface area contributed by atoms with Crippen LogP contribution in [-0.4, -0.2) is 31.1 Å². The van der Waals surface area contributed by atoms with E-state index in [0.29, 0.717) is 0 Å². The fraction of sp³-hybridized carbons (Fsp3) is 0.500. The summed E-state index contributed by atoms with van der Waals surface area (Å²) in [7, 11) is 1.76. The third-order valence-corrected chi connectivity index (χ3v) is 3.25. The molecule has 0 spiro atoms. The number of halogens is 1. The largest absolute Gasteiger partial charge is 0.356 e. The fourth-order valence-electron chi connectivity index (χ4n) is 1.32. The second-order valence-electron chi connectivity index (χ2n) is 3.50. The van der Waals surface area contributed by atoms with Crippen molar-refractivity contribution in [3.63, 3.8) is 0 Å². The van der Waals surface area contributed by atoms with E-state index < -0.39 is 0 Å². The van der Waals surface area contributed by atoms with Crippen LogP contribution in [0, 0.1) is 0 Å². The Morgan fingerprint density at radius 1 is 1.56 bits per heavy atom. The van der Waals surface area contributed by atoms with Gasteiger partial charge in [-0.25, -0.2) is 4.98 Å². The molecule has 0 saturated heterocycles. The highest BCUT2D eigenvalue weighted by Gasteiger charge is 2.00. The summed E-state index contributed by atoms with van der Waals surface area (Å²) in [5, 5.41) is 9.69. The maximum Gasteiger partial charge on any atom is 0.191 e. The molecule has 0 unspecified atom stereocenters. The quantitative estimate of drug-likeness (QED) is 0.344. The number of nitrogens with zero attached hydrogens (tertiary/aromatic N) is 2. The monoisotopic (exact) mass is 380 g/mol. The van der Waals surface area contributed by atoms with Gasteiger partial charge >= 0.3 is 0 Å². The van der Waals surface area contributed by atoms with Gasteiger partial charge in [-0.1, -0.05) is 13.0 Å². The van der Waals surface area contributed by atoms with Crippen molar-refractivity contribution in [3.05, 3.63) is 28.7 Å². The highest BCUT2D eigenvalue weighted by atomic mass is 127. The van der Waals surface area contributed by atoms with Crippen LogP contribution < -0.4 is 10.6 Å². The molecule has 0 bridgehead atoms. The molecule has 4 nitrogen and oxygen atoms in total. The molecule has 0 aliphatic carbocycles. The molecule has 1 aromatic rings. The molecule has 0 radical (unpaired) electrons. The minimum Gasteiger partial charge on any atom is -0.356 e. The van der Waals surface area contributed by atoms with Crippen LogP contribution in [0.5, 0.6) is 0 Å². The molecule has 1 aromatic heterocycles. The summed E-state index contributed by atoms with van der Waals surface area (Å²) in [6.07, 6.45) is 3.74. The average Bonchev–Trinajstić information content (AvgIpc) is 2.81. The zero-order valence-electron chi connectivity index (χ0n) is 10.9. The average molecular weight is 380 g/mol. The molecule has 1 rings (SSSR count). The van der Waals surface area contributed by atoms with E-state index in [4.69, 9.17) is 0 Å². The van der Waals surface area contributed by atoms with Gasteiger partial charge < -0.3 is 10.6 Å². The van der Waals surface area contributed by atoms with Crippen LogP contribution in [0.4, 0.5) is 0 Å². The van der Waals surface area contributed by atoms with E-state index in [1.807, 2.05) is 0 Å². The summed E-state index contributed by atoms with van der Waals surface area (Å²) in [6.45, 7) is 7.34. The molecule has 0 aliphatic rings. The van der Waals surface area contributed by atoms with Crippen molar-refractivity contribution >= 4 is 41.3 Å². The molecule has 2 N–H and O–H groups in total. The van der Waals surface area contributed by atoms with Gasteiger partial charge in [-0.3, -0.25) is 4.99 Å². The Balaban J connectivity index is 0.00000289. The molecule has 0 aliphatic heterocycles. The summed E-state index contributed by atoms with van der Waals surface area (Å²) in [5.41, 5.74) is 1.15. The third kappa shape index (κ3) is 6.34. The number of nitrogens with one attached hydrogen (secondary N) is 2. The summed E-state index contributed by atoms with van der Waals surface area (Å²) in [5.74, 6) is 0.802. The Morgan fingerprint density at radius 3 is 2.89 bits per heavy atom. The van der Waals surface area contributed by atoms with E-state index in [2.05, 4.69) is 39.5 Å². The van der Waals surface area contributed by atoms with Crippen molar-refractivity contribution < 1.29 is 0 Å². The van der Waals surface area contributed by atoms with E-state index >= 15 is 0 Å². The van der Waals surface area contributed by atoms with Gasteiger partial charge in [0.25, 0.3) is 0 Å². The van der Waals surface area contributed by atoms with Crippen LogP contribution in [0.2, 0.25) is 0 Å². The van der Waals surface area contributed by atoms with Crippen LogP contribution in [0.1, 0.15) is 17.6 Å². The number of guanidine groups is 1. The zero-order valence-corrected chi connectivity index (χ0v) is 14.0. The van der Waals surface area contributed by atoms with Crippen LogP contribution in [0.3, 0.4) is 0 Å². The second-order valence-corrected chi connectivity index (χ2v) is 4.45. The first kappa shape index (κ1) is 17.4. The Bertz CT molecular complexity index is 376. The lowest BCUT2D eigenvalue weighted by Gasteiger charge is -2.09. The highest BCUT2D eigenvalue weighted by Crippen LogP contribution is 2.09. The number of aromatic nitrogens is 1. The number of hydrogen-bond donors (Lipinski definition) is 2. The molecule has 0 amide bonds. The van der Waals surface area contributed by atoms with Crippen molar-refractivity contribution in [2.24, 2.45) is 4.99 Å². The van der Waals surface area contributed by atoms with Crippen molar-refractivity contribution in [1.82, 2.24) is 15.6 Å². The number of thiazole rings is 1. The predicted molar refractivity (Wildman–Crippen MR) is 90.2 cm³/mol. The van der Waals surface area contributed by atoms with Crippen LogP contribution in [-0.2, 0) is 12.8 Å². The van der Waals surface area contributed by atoms with Crippen molar-refractivity contribution in [2.75, 3.05) is 20.1 Å².